The van der Waals surface area contributed by atoms with Crippen molar-refractivity contribution < 1.29 is 9.53 Å². The Balaban J connectivity index is 1.42. The summed E-state index contributed by atoms with van der Waals surface area (Å²) in [5.74, 6) is 2.27. The van der Waals surface area contributed by atoms with Crippen molar-refractivity contribution in [3.63, 3.8) is 0 Å². The molecule has 2 aromatic heterocycles. The topological polar surface area (TPSA) is 76.4 Å². The van der Waals surface area contributed by atoms with Gasteiger partial charge in [0.05, 0.1) is 29.4 Å². The van der Waals surface area contributed by atoms with Crippen molar-refractivity contribution in [1.82, 2.24) is 24.6 Å². The predicted octanol–water partition coefficient (Wildman–Crippen LogP) is 4.00. The number of aryl methyl sites for hydroxylation is 1. The standard InChI is InChI=1S/C25H25ClN6O2/c1-3-22-28-23(19-16-27-32(24(19)29-22)21-10-5-4-9-20(21)26)30-11-13-31(14-12-30)25(33)17-7-6-8-18(15-17)34-2/h4-10,15-16H,3,11-14H2,1-2H3. The molecular weight excluding hydrogens is 452 g/mol. The number of methoxy groups -OCH3 is 1. The number of aromatic nitrogens is 4. The second-order valence-corrected chi connectivity index (χ2v) is 8.48. The summed E-state index contributed by atoms with van der Waals surface area (Å²) in [6, 6.07) is 14.8. The Morgan fingerprint density at radius 1 is 1.06 bits per heavy atom. The molecule has 1 aliphatic heterocycles. The zero-order valence-corrected chi connectivity index (χ0v) is 19.9. The van der Waals surface area contributed by atoms with Crippen LogP contribution >= 0.6 is 11.6 Å². The van der Waals surface area contributed by atoms with Crippen molar-refractivity contribution in [3.05, 3.63) is 71.1 Å². The fraction of sp³-hybridized carbons (Fsp3) is 0.280. The SMILES string of the molecule is CCc1nc(N2CCN(C(=O)c3cccc(OC)c3)CC2)c2cnn(-c3ccccc3Cl)c2n1. The van der Waals surface area contributed by atoms with Crippen molar-refractivity contribution in [2.75, 3.05) is 38.2 Å². The number of anilines is 1. The predicted molar refractivity (Wildman–Crippen MR) is 132 cm³/mol. The van der Waals surface area contributed by atoms with Crippen molar-refractivity contribution >= 4 is 34.4 Å². The highest BCUT2D eigenvalue weighted by molar-refractivity contribution is 6.32. The van der Waals surface area contributed by atoms with Crippen LogP contribution in [0.2, 0.25) is 5.02 Å². The molecule has 1 aliphatic rings. The molecule has 4 aromatic rings. The third-order valence-electron chi connectivity index (χ3n) is 6.03. The molecule has 8 nitrogen and oxygen atoms in total. The molecule has 0 aliphatic carbocycles. The molecule has 1 amide bonds. The number of benzene rings is 2. The Morgan fingerprint density at radius 2 is 1.85 bits per heavy atom. The Kier molecular flexibility index (Phi) is 6.06. The van der Waals surface area contributed by atoms with Crippen LogP contribution in [0.1, 0.15) is 23.1 Å². The number of ether oxygens (including phenoxy) is 1. The van der Waals surface area contributed by atoms with Crippen LogP contribution in [0.25, 0.3) is 16.7 Å². The number of carbonyl (C=O) groups excluding carboxylic acids is 1. The molecule has 0 saturated carbocycles. The molecule has 1 saturated heterocycles. The lowest BCUT2D eigenvalue weighted by atomic mass is 10.1. The van der Waals surface area contributed by atoms with E-state index in [0.717, 1.165) is 28.4 Å². The van der Waals surface area contributed by atoms with E-state index >= 15 is 0 Å². The first-order chi connectivity index (χ1) is 16.6. The highest BCUT2D eigenvalue weighted by atomic mass is 35.5. The highest BCUT2D eigenvalue weighted by Gasteiger charge is 2.26. The average Bonchev–Trinajstić information content (AvgIpc) is 3.32. The van der Waals surface area contributed by atoms with Gasteiger partial charge in [-0.25, -0.2) is 14.6 Å². The maximum absolute atomic E-state index is 13.0. The number of halogens is 1. The number of fused-ring (bicyclic) bond motifs is 1. The molecule has 5 rings (SSSR count). The van der Waals surface area contributed by atoms with Crippen molar-refractivity contribution in [2.24, 2.45) is 0 Å². The molecule has 34 heavy (non-hydrogen) atoms. The first kappa shape index (κ1) is 22.2. The van der Waals surface area contributed by atoms with E-state index in [1.54, 1.807) is 24.1 Å². The molecule has 3 heterocycles. The van der Waals surface area contributed by atoms with Gasteiger partial charge in [-0.3, -0.25) is 4.79 Å². The lowest BCUT2D eigenvalue weighted by Gasteiger charge is -2.35. The van der Waals surface area contributed by atoms with Crippen LogP contribution < -0.4 is 9.64 Å². The Morgan fingerprint density at radius 3 is 2.59 bits per heavy atom. The van der Waals surface area contributed by atoms with E-state index in [0.29, 0.717) is 48.9 Å². The summed E-state index contributed by atoms with van der Waals surface area (Å²) >= 11 is 6.43. The largest absolute Gasteiger partial charge is 0.497 e. The fourth-order valence-corrected chi connectivity index (χ4v) is 4.41. The second-order valence-electron chi connectivity index (χ2n) is 8.07. The first-order valence-corrected chi connectivity index (χ1v) is 11.6. The minimum atomic E-state index is 0.00664. The molecule has 2 aromatic carbocycles. The van der Waals surface area contributed by atoms with Gasteiger partial charge in [0.1, 0.15) is 17.4 Å². The van der Waals surface area contributed by atoms with E-state index in [1.165, 1.54) is 0 Å². The van der Waals surface area contributed by atoms with Crippen LogP contribution in [-0.4, -0.2) is 63.8 Å². The monoisotopic (exact) mass is 476 g/mol. The molecule has 0 atom stereocenters. The van der Waals surface area contributed by atoms with E-state index in [4.69, 9.17) is 26.3 Å². The zero-order chi connectivity index (χ0) is 23.7. The molecule has 0 N–H and O–H groups in total. The molecule has 0 bridgehead atoms. The normalized spacial score (nSPS) is 14.0. The van der Waals surface area contributed by atoms with Gasteiger partial charge in [-0.05, 0) is 30.3 Å². The summed E-state index contributed by atoms with van der Waals surface area (Å²) in [4.78, 5) is 26.7. The lowest BCUT2D eigenvalue weighted by molar-refractivity contribution is 0.0746. The first-order valence-electron chi connectivity index (χ1n) is 11.3. The van der Waals surface area contributed by atoms with Gasteiger partial charge in [-0.2, -0.15) is 5.10 Å². The van der Waals surface area contributed by atoms with Crippen LogP contribution in [0, 0.1) is 0 Å². The maximum Gasteiger partial charge on any atom is 0.254 e. The molecule has 1 fully saturated rings. The summed E-state index contributed by atoms with van der Waals surface area (Å²) in [7, 11) is 1.60. The smallest absolute Gasteiger partial charge is 0.254 e. The lowest BCUT2D eigenvalue weighted by Crippen LogP contribution is -2.49. The van der Waals surface area contributed by atoms with Gasteiger partial charge in [-0.15, -0.1) is 0 Å². The molecule has 0 spiro atoms. The molecule has 174 valence electrons. The summed E-state index contributed by atoms with van der Waals surface area (Å²) in [6.45, 7) is 4.57. The number of piperazine rings is 1. The quantitative estimate of drug-likeness (QED) is 0.433. The summed E-state index contributed by atoms with van der Waals surface area (Å²) < 4.78 is 7.03. The number of rotatable bonds is 5. The Bertz CT molecular complexity index is 1350. The van der Waals surface area contributed by atoms with Crippen molar-refractivity contribution in [2.45, 2.75) is 13.3 Å². The van der Waals surface area contributed by atoms with Gasteiger partial charge in [0.2, 0.25) is 0 Å². The minimum absolute atomic E-state index is 0.00664. The van der Waals surface area contributed by atoms with Gasteiger partial charge < -0.3 is 14.5 Å². The number of hydrogen-bond donors (Lipinski definition) is 0. The summed E-state index contributed by atoms with van der Waals surface area (Å²) in [5.41, 5.74) is 2.14. The molecule has 0 unspecified atom stereocenters. The number of hydrogen-bond acceptors (Lipinski definition) is 6. The van der Waals surface area contributed by atoms with E-state index in [-0.39, 0.29) is 5.91 Å². The minimum Gasteiger partial charge on any atom is -0.497 e. The van der Waals surface area contributed by atoms with Crippen LogP contribution in [0.5, 0.6) is 5.75 Å². The molecule has 9 heteroatoms. The third kappa shape index (κ3) is 4.05. The second kappa shape index (κ2) is 9.30. The van der Waals surface area contributed by atoms with E-state index in [9.17, 15) is 4.79 Å². The highest BCUT2D eigenvalue weighted by Crippen LogP contribution is 2.29. The summed E-state index contributed by atoms with van der Waals surface area (Å²) in [6.07, 6.45) is 2.49. The van der Waals surface area contributed by atoms with Gasteiger partial charge in [0, 0.05) is 38.2 Å². The average molecular weight is 477 g/mol. The number of amides is 1. The van der Waals surface area contributed by atoms with Gasteiger partial charge >= 0.3 is 0 Å². The Hall–Kier alpha value is -3.65. The van der Waals surface area contributed by atoms with Gasteiger partial charge in [-0.1, -0.05) is 36.7 Å². The summed E-state index contributed by atoms with van der Waals surface area (Å²) in [5, 5.41) is 6.06. The van der Waals surface area contributed by atoms with Crippen LogP contribution in [0.3, 0.4) is 0 Å². The third-order valence-corrected chi connectivity index (χ3v) is 6.35. The van der Waals surface area contributed by atoms with Crippen molar-refractivity contribution in [3.8, 4) is 11.4 Å². The maximum atomic E-state index is 13.0. The van der Waals surface area contributed by atoms with E-state index < -0.39 is 0 Å². The van der Waals surface area contributed by atoms with Gasteiger partial charge in [0.25, 0.3) is 5.91 Å². The van der Waals surface area contributed by atoms with Crippen LogP contribution in [-0.2, 0) is 6.42 Å². The Labute approximate surface area is 202 Å². The molecule has 0 radical (unpaired) electrons. The van der Waals surface area contributed by atoms with Crippen LogP contribution in [0.4, 0.5) is 5.82 Å². The number of para-hydroxylation sites is 1. The van der Waals surface area contributed by atoms with E-state index in [2.05, 4.69) is 10.00 Å². The zero-order valence-electron chi connectivity index (χ0n) is 19.1. The van der Waals surface area contributed by atoms with E-state index in [1.807, 2.05) is 54.3 Å². The fourth-order valence-electron chi connectivity index (χ4n) is 4.20. The van der Waals surface area contributed by atoms with Gasteiger partial charge in [0.15, 0.2) is 5.65 Å². The number of carbonyl (C=O) groups is 1. The van der Waals surface area contributed by atoms with Crippen LogP contribution in [0.15, 0.2) is 54.7 Å². The number of nitrogens with zero attached hydrogens (tertiary/aromatic N) is 6. The molecular formula is C25H25ClN6O2. The van der Waals surface area contributed by atoms with Crippen molar-refractivity contribution in [1.29, 1.82) is 0 Å².